The number of nitrogens with one attached hydrogen (secondary N) is 1. The second-order valence-corrected chi connectivity index (χ2v) is 8.89. The third-order valence-corrected chi connectivity index (χ3v) is 5.63. The van der Waals surface area contributed by atoms with E-state index in [0.717, 1.165) is 23.3 Å². The molecule has 0 spiro atoms. The van der Waals surface area contributed by atoms with Crippen molar-refractivity contribution in [3.8, 4) is 34.0 Å². The van der Waals surface area contributed by atoms with Crippen molar-refractivity contribution in [2.75, 3.05) is 0 Å². The molecule has 0 amide bonds. The Bertz CT molecular complexity index is 1530. The first-order valence-corrected chi connectivity index (χ1v) is 11.8. The third kappa shape index (κ3) is 5.74. The highest BCUT2D eigenvalue weighted by atomic mass is 19.4. The number of benzene rings is 3. The molecule has 1 N–H and O–H groups in total. The Morgan fingerprint density at radius 1 is 0.838 bits per heavy atom. The number of hydrogen-bond acceptors (Lipinski definition) is 4. The van der Waals surface area contributed by atoms with Gasteiger partial charge in [-0.3, -0.25) is 0 Å². The summed E-state index contributed by atoms with van der Waals surface area (Å²) in [5.74, 6) is 1.80. The van der Waals surface area contributed by atoms with E-state index in [1.165, 1.54) is 12.3 Å². The Morgan fingerprint density at radius 3 is 2.38 bits per heavy atom. The van der Waals surface area contributed by atoms with Gasteiger partial charge in [0.15, 0.2) is 5.65 Å². The lowest BCUT2D eigenvalue weighted by Gasteiger charge is -2.14. The summed E-state index contributed by atoms with van der Waals surface area (Å²) in [6.45, 7) is 4.28. The summed E-state index contributed by atoms with van der Waals surface area (Å²) in [4.78, 5) is 12.3. The molecule has 0 atom stereocenters. The Hall–Kier alpha value is -4.33. The number of H-pyrrole nitrogens is 1. The lowest BCUT2D eigenvalue weighted by molar-refractivity contribution is -0.137. The van der Waals surface area contributed by atoms with Crippen molar-refractivity contribution in [3.63, 3.8) is 0 Å². The van der Waals surface area contributed by atoms with Gasteiger partial charge in [-0.15, -0.1) is 0 Å². The van der Waals surface area contributed by atoms with Crippen molar-refractivity contribution in [1.82, 2.24) is 15.0 Å². The molecule has 0 aliphatic carbocycles. The van der Waals surface area contributed by atoms with E-state index < -0.39 is 11.7 Å². The predicted octanol–water partition coefficient (Wildman–Crippen LogP) is 7.68. The minimum absolute atomic E-state index is 0.0374. The van der Waals surface area contributed by atoms with Gasteiger partial charge in [0.2, 0.25) is 0 Å². The Morgan fingerprint density at radius 2 is 1.62 bits per heavy atom. The minimum atomic E-state index is -4.42. The molecule has 37 heavy (non-hydrogen) atoms. The maximum Gasteiger partial charge on any atom is 0.416 e. The molecular weight excluding hydrogens is 479 g/mol. The van der Waals surface area contributed by atoms with Crippen LogP contribution in [0.3, 0.4) is 0 Å². The number of fused-ring (bicyclic) bond motifs is 1. The molecule has 0 saturated carbocycles. The van der Waals surface area contributed by atoms with Gasteiger partial charge in [-0.2, -0.15) is 13.2 Å². The van der Waals surface area contributed by atoms with E-state index in [2.05, 4.69) is 15.0 Å². The highest BCUT2D eigenvalue weighted by molar-refractivity contribution is 5.81. The summed E-state index contributed by atoms with van der Waals surface area (Å²) < 4.78 is 51.5. The summed E-state index contributed by atoms with van der Waals surface area (Å²) in [5, 5.41) is 0. The van der Waals surface area contributed by atoms with Crippen LogP contribution in [0.25, 0.3) is 33.7 Å². The lowest BCUT2D eigenvalue weighted by atomic mass is 10.0. The van der Waals surface area contributed by atoms with Crippen LogP contribution in [-0.4, -0.2) is 21.1 Å². The van der Waals surface area contributed by atoms with Crippen LogP contribution in [0, 0.1) is 0 Å². The molecule has 0 fully saturated rings. The quantitative estimate of drug-likeness (QED) is 0.248. The van der Waals surface area contributed by atoms with Crippen molar-refractivity contribution >= 4 is 11.2 Å². The number of aromatic nitrogens is 3. The third-order valence-electron chi connectivity index (χ3n) is 5.63. The van der Waals surface area contributed by atoms with Crippen LogP contribution in [0.4, 0.5) is 13.2 Å². The van der Waals surface area contributed by atoms with E-state index in [1.807, 2.05) is 62.4 Å². The zero-order valence-corrected chi connectivity index (χ0v) is 20.2. The molecule has 0 saturated heterocycles. The second kappa shape index (κ2) is 9.97. The van der Waals surface area contributed by atoms with Gasteiger partial charge in [-0.1, -0.05) is 42.5 Å². The van der Waals surface area contributed by atoms with Crippen LogP contribution in [0.5, 0.6) is 11.5 Å². The van der Waals surface area contributed by atoms with E-state index in [1.54, 1.807) is 12.1 Å². The molecule has 5 aromatic rings. The summed E-state index contributed by atoms with van der Waals surface area (Å²) >= 11 is 0. The van der Waals surface area contributed by atoms with Gasteiger partial charge in [-0.25, -0.2) is 9.97 Å². The van der Waals surface area contributed by atoms with Crippen LogP contribution in [-0.2, 0) is 12.8 Å². The number of aromatic amines is 1. The molecule has 0 aliphatic heterocycles. The number of halogens is 3. The Balaban J connectivity index is 1.48. The van der Waals surface area contributed by atoms with Crippen molar-refractivity contribution in [2.45, 2.75) is 32.7 Å². The zero-order valence-electron chi connectivity index (χ0n) is 20.2. The SMILES string of the molecule is CC(C)Oc1cc(OCc2ccccc2)cc(-c2nc3cc(-c4cccc(C(F)(F)F)c4)cnc3[nH]2)c1. The molecule has 0 bridgehead atoms. The number of rotatable bonds is 7. The number of pyridine rings is 1. The summed E-state index contributed by atoms with van der Waals surface area (Å²) in [6, 6.07) is 22.3. The number of ether oxygens (including phenoxy) is 2. The maximum atomic E-state index is 13.2. The second-order valence-electron chi connectivity index (χ2n) is 8.89. The molecule has 3 aromatic carbocycles. The van der Waals surface area contributed by atoms with Crippen molar-refractivity contribution in [2.24, 2.45) is 0 Å². The van der Waals surface area contributed by atoms with Gasteiger partial charge < -0.3 is 14.5 Å². The summed E-state index contributed by atoms with van der Waals surface area (Å²) in [7, 11) is 0. The Kier molecular flexibility index (Phi) is 6.56. The minimum Gasteiger partial charge on any atom is -0.491 e. The smallest absolute Gasteiger partial charge is 0.416 e. The average Bonchev–Trinajstić information content (AvgIpc) is 3.31. The number of nitrogens with zero attached hydrogens (tertiary/aromatic N) is 2. The first kappa shape index (κ1) is 24.4. The van der Waals surface area contributed by atoms with E-state index in [0.29, 0.717) is 46.2 Å². The maximum absolute atomic E-state index is 13.2. The largest absolute Gasteiger partial charge is 0.491 e. The van der Waals surface area contributed by atoms with Gasteiger partial charge in [0.1, 0.15) is 29.4 Å². The molecule has 0 unspecified atom stereocenters. The van der Waals surface area contributed by atoms with Gasteiger partial charge in [-0.05, 0) is 55.3 Å². The van der Waals surface area contributed by atoms with Gasteiger partial charge in [0.25, 0.3) is 0 Å². The first-order chi connectivity index (χ1) is 17.7. The molecule has 188 valence electrons. The normalized spacial score (nSPS) is 11.7. The topological polar surface area (TPSA) is 60.0 Å². The standard InChI is InChI=1S/C29H24F3N3O2/c1-18(2)37-25-13-21(12-24(15-25)36-17-19-7-4-3-5-8-19)27-34-26-14-22(16-33-28(26)35-27)20-9-6-10-23(11-20)29(30,31)32/h3-16,18H,17H2,1-2H3,(H,33,34,35). The molecule has 2 heterocycles. The van der Waals surface area contributed by atoms with E-state index in [-0.39, 0.29) is 6.10 Å². The number of alkyl halides is 3. The highest BCUT2D eigenvalue weighted by Crippen LogP contribution is 2.34. The van der Waals surface area contributed by atoms with E-state index in [9.17, 15) is 13.2 Å². The van der Waals surface area contributed by atoms with Crippen LogP contribution < -0.4 is 9.47 Å². The zero-order chi connectivity index (χ0) is 26.0. The van der Waals surface area contributed by atoms with Gasteiger partial charge >= 0.3 is 6.18 Å². The fourth-order valence-corrected chi connectivity index (χ4v) is 3.94. The van der Waals surface area contributed by atoms with Crippen molar-refractivity contribution < 1.29 is 22.6 Å². The van der Waals surface area contributed by atoms with Crippen LogP contribution in [0.1, 0.15) is 25.0 Å². The van der Waals surface area contributed by atoms with Gasteiger partial charge in [0.05, 0.1) is 11.7 Å². The van der Waals surface area contributed by atoms with E-state index in [4.69, 9.17) is 9.47 Å². The van der Waals surface area contributed by atoms with Crippen LogP contribution >= 0.6 is 0 Å². The van der Waals surface area contributed by atoms with Crippen molar-refractivity contribution in [3.05, 3.63) is 96.2 Å². The fraction of sp³-hybridized carbons (Fsp3) is 0.172. The van der Waals surface area contributed by atoms with Crippen LogP contribution in [0.2, 0.25) is 0 Å². The average molecular weight is 504 g/mol. The highest BCUT2D eigenvalue weighted by Gasteiger charge is 2.30. The monoisotopic (exact) mass is 503 g/mol. The molecule has 8 heteroatoms. The number of hydrogen-bond donors (Lipinski definition) is 1. The summed E-state index contributed by atoms with van der Waals surface area (Å²) in [5.41, 5.74) is 3.07. The Labute approximate surface area is 211 Å². The molecule has 5 rings (SSSR count). The molecule has 0 radical (unpaired) electrons. The summed E-state index contributed by atoms with van der Waals surface area (Å²) in [6.07, 6.45) is -2.92. The lowest BCUT2D eigenvalue weighted by Crippen LogP contribution is -2.06. The van der Waals surface area contributed by atoms with Gasteiger partial charge in [0, 0.05) is 23.4 Å². The molecule has 5 nitrogen and oxygen atoms in total. The fourth-order valence-electron chi connectivity index (χ4n) is 3.94. The van der Waals surface area contributed by atoms with Crippen LogP contribution in [0.15, 0.2) is 85.1 Å². The number of imidazole rings is 1. The molecule has 2 aromatic heterocycles. The molecular formula is C29H24F3N3O2. The molecule has 0 aliphatic rings. The predicted molar refractivity (Wildman–Crippen MR) is 136 cm³/mol. The first-order valence-electron chi connectivity index (χ1n) is 11.8. The van der Waals surface area contributed by atoms with E-state index >= 15 is 0 Å². The van der Waals surface area contributed by atoms with Crippen molar-refractivity contribution in [1.29, 1.82) is 0 Å².